The molecule has 0 aliphatic carbocycles. The average Bonchev–Trinajstić information content (AvgIpc) is 2.62. The van der Waals surface area contributed by atoms with Crippen molar-refractivity contribution in [2.45, 2.75) is 76.4 Å². The standard InChI is InChI=1S/C20H30N4O5/c1-10-4-5-13(25)6-7-16(26)23-12(3)20(29)9-14(18(27)21-10)17-15(24-20)8-11(2)22-19(17)28/h6-7,10-14,24-25,29H,4-5,8-9H2,1-3H3,(H,21,27)(H,22,28)(H,23,26)/b7-6-/t10-,11-,12-,13-,14-,20+/m0/s1. The van der Waals surface area contributed by atoms with E-state index in [2.05, 4.69) is 21.3 Å². The van der Waals surface area contributed by atoms with Gasteiger partial charge in [0.25, 0.3) is 0 Å². The zero-order valence-corrected chi connectivity index (χ0v) is 17.0. The largest absolute Gasteiger partial charge is 0.389 e. The molecule has 9 heteroatoms. The minimum absolute atomic E-state index is 0.0556. The van der Waals surface area contributed by atoms with E-state index < -0.39 is 29.7 Å². The van der Waals surface area contributed by atoms with Gasteiger partial charge in [0.15, 0.2) is 5.72 Å². The number of carbonyl (C=O) groups excluding carboxylic acids is 3. The van der Waals surface area contributed by atoms with Gasteiger partial charge in [0.2, 0.25) is 17.7 Å². The van der Waals surface area contributed by atoms with E-state index in [0.717, 1.165) is 0 Å². The number of rotatable bonds is 0. The molecule has 3 aliphatic heterocycles. The fourth-order valence-corrected chi connectivity index (χ4v) is 4.14. The van der Waals surface area contributed by atoms with Gasteiger partial charge in [-0.3, -0.25) is 14.4 Å². The average molecular weight is 406 g/mol. The van der Waals surface area contributed by atoms with Crippen LogP contribution in [0.1, 0.15) is 46.5 Å². The van der Waals surface area contributed by atoms with Gasteiger partial charge in [-0.25, -0.2) is 0 Å². The van der Waals surface area contributed by atoms with Crippen LogP contribution in [0.4, 0.5) is 0 Å². The van der Waals surface area contributed by atoms with E-state index in [1.807, 2.05) is 13.8 Å². The lowest BCUT2D eigenvalue weighted by Gasteiger charge is -2.45. The molecule has 0 aromatic heterocycles. The molecule has 0 fully saturated rings. The van der Waals surface area contributed by atoms with Crippen molar-refractivity contribution in [2.75, 3.05) is 0 Å². The second-order valence-electron chi connectivity index (χ2n) is 8.42. The molecule has 0 saturated heterocycles. The van der Waals surface area contributed by atoms with Crippen LogP contribution in [0.5, 0.6) is 0 Å². The summed E-state index contributed by atoms with van der Waals surface area (Å²) in [6.45, 7) is 5.30. The van der Waals surface area contributed by atoms with E-state index >= 15 is 0 Å². The number of hydrogen-bond donors (Lipinski definition) is 6. The Morgan fingerprint density at radius 2 is 1.76 bits per heavy atom. The van der Waals surface area contributed by atoms with Gasteiger partial charge < -0.3 is 31.5 Å². The first kappa shape index (κ1) is 21.3. The van der Waals surface area contributed by atoms with Gasteiger partial charge in [-0.1, -0.05) is 6.08 Å². The summed E-state index contributed by atoms with van der Waals surface area (Å²) in [5, 5.41) is 32.8. The van der Waals surface area contributed by atoms with Crippen LogP contribution in [0.15, 0.2) is 23.4 Å². The van der Waals surface area contributed by atoms with E-state index in [9.17, 15) is 24.6 Å². The fourth-order valence-electron chi connectivity index (χ4n) is 4.14. The first-order chi connectivity index (χ1) is 13.6. The first-order valence-electron chi connectivity index (χ1n) is 10.1. The van der Waals surface area contributed by atoms with Crippen LogP contribution in [-0.2, 0) is 14.4 Å². The number of nitrogens with one attached hydrogen (secondary N) is 4. The summed E-state index contributed by atoms with van der Waals surface area (Å²) in [7, 11) is 0. The second kappa shape index (κ2) is 8.16. The SMILES string of the molecule is C[C@@H]1NC(=O)/C=C\[C@@H](O)CC[C@H](C)NC(=O)[C@H]2C[C@]1(O)NC1=C2C(=O)N[C@@H](C)C1. The van der Waals surface area contributed by atoms with Crippen molar-refractivity contribution < 1.29 is 24.6 Å². The Hall–Kier alpha value is -2.39. The van der Waals surface area contributed by atoms with Gasteiger partial charge in [-0.05, 0) is 33.6 Å². The molecule has 3 amide bonds. The van der Waals surface area contributed by atoms with Crippen LogP contribution < -0.4 is 21.3 Å². The van der Waals surface area contributed by atoms with Gasteiger partial charge in [-0.15, -0.1) is 0 Å². The van der Waals surface area contributed by atoms with Crippen LogP contribution in [0.25, 0.3) is 0 Å². The number of aliphatic hydroxyl groups excluding tert-OH is 1. The lowest BCUT2D eigenvalue weighted by atomic mass is 9.78. The molecule has 160 valence electrons. The fraction of sp³-hybridized carbons (Fsp3) is 0.650. The normalized spacial score (nSPS) is 39.9. The molecule has 3 rings (SSSR count). The Bertz CT molecular complexity index is 764. The van der Waals surface area contributed by atoms with Crippen molar-refractivity contribution in [1.82, 2.24) is 21.3 Å². The van der Waals surface area contributed by atoms with E-state index in [-0.39, 0.29) is 30.3 Å². The summed E-state index contributed by atoms with van der Waals surface area (Å²) in [6, 6.07) is -1.13. The third-order valence-corrected chi connectivity index (χ3v) is 5.83. The topological polar surface area (TPSA) is 140 Å². The maximum absolute atomic E-state index is 13.1. The molecule has 9 nitrogen and oxygen atoms in total. The smallest absolute Gasteiger partial charge is 0.249 e. The molecule has 6 atom stereocenters. The van der Waals surface area contributed by atoms with Crippen molar-refractivity contribution >= 4 is 17.7 Å². The Morgan fingerprint density at radius 1 is 1.03 bits per heavy atom. The van der Waals surface area contributed by atoms with Crippen LogP contribution in [0.3, 0.4) is 0 Å². The molecule has 0 saturated carbocycles. The van der Waals surface area contributed by atoms with Crippen molar-refractivity contribution in [3.05, 3.63) is 23.4 Å². The van der Waals surface area contributed by atoms with Gasteiger partial charge in [0.05, 0.1) is 18.1 Å². The molecule has 0 aromatic rings. The molecule has 3 aliphatic rings. The van der Waals surface area contributed by atoms with Crippen molar-refractivity contribution in [2.24, 2.45) is 5.92 Å². The number of aliphatic hydroxyl groups is 2. The van der Waals surface area contributed by atoms with Crippen molar-refractivity contribution in [3.8, 4) is 0 Å². The molecule has 2 bridgehead atoms. The van der Waals surface area contributed by atoms with Gasteiger partial charge in [0, 0.05) is 42.3 Å². The minimum atomic E-state index is -1.60. The number of amides is 3. The summed E-state index contributed by atoms with van der Waals surface area (Å²) in [6.07, 6.45) is 3.11. The molecule has 6 N–H and O–H groups in total. The molecular formula is C20H30N4O5. The zero-order chi connectivity index (χ0) is 21.3. The Labute approximate surface area is 170 Å². The molecule has 0 radical (unpaired) electrons. The highest BCUT2D eigenvalue weighted by Gasteiger charge is 2.48. The number of hydrogen-bond acceptors (Lipinski definition) is 6. The van der Waals surface area contributed by atoms with Crippen LogP contribution >= 0.6 is 0 Å². The van der Waals surface area contributed by atoms with Crippen LogP contribution in [0, 0.1) is 5.92 Å². The van der Waals surface area contributed by atoms with Crippen LogP contribution in [-0.4, -0.2) is 57.9 Å². The number of carbonyl (C=O) groups is 3. The molecule has 0 aromatic carbocycles. The van der Waals surface area contributed by atoms with Gasteiger partial charge in [-0.2, -0.15) is 0 Å². The maximum Gasteiger partial charge on any atom is 0.249 e. The summed E-state index contributed by atoms with van der Waals surface area (Å²) in [4.78, 5) is 37.9. The predicted molar refractivity (Wildman–Crippen MR) is 105 cm³/mol. The quantitative estimate of drug-likeness (QED) is 0.310. The highest BCUT2D eigenvalue weighted by Crippen LogP contribution is 2.36. The second-order valence-corrected chi connectivity index (χ2v) is 8.42. The van der Waals surface area contributed by atoms with Crippen molar-refractivity contribution in [3.63, 3.8) is 0 Å². The molecular weight excluding hydrogens is 376 g/mol. The lowest BCUT2D eigenvalue weighted by Crippen LogP contribution is -2.65. The van der Waals surface area contributed by atoms with Crippen LogP contribution in [0.2, 0.25) is 0 Å². The summed E-state index contributed by atoms with van der Waals surface area (Å²) >= 11 is 0. The molecule has 29 heavy (non-hydrogen) atoms. The van der Waals surface area contributed by atoms with Gasteiger partial charge in [0.1, 0.15) is 0 Å². The van der Waals surface area contributed by atoms with E-state index in [1.54, 1.807) is 6.92 Å². The maximum atomic E-state index is 13.1. The van der Waals surface area contributed by atoms with E-state index in [0.29, 0.717) is 30.5 Å². The Kier molecular flexibility index (Phi) is 6.00. The predicted octanol–water partition coefficient (Wildman–Crippen LogP) is -0.833. The minimum Gasteiger partial charge on any atom is -0.389 e. The van der Waals surface area contributed by atoms with E-state index in [1.165, 1.54) is 12.2 Å². The highest BCUT2D eigenvalue weighted by atomic mass is 16.3. The van der Waals surface area contributed by atoms with E-state index in [4.69, 9.17) is 0 Å². The third-order valence-electron chi connectivity index (χ3n) is 5.83. The zero-order valence-electron chi connectivity index (χ0n) is 17.0. The highest BCUT2D eigenvalue weighted by molar-refractivity contribution is 6.02. The van der Waals surface area contributed by atoms with Crippen molar-refractivity contribution in [1.29, 1.82) is 0 Å². The summed E-state index contributed by atoms with van der Waals surface area (Å²) in [5.74, 6) is -1.98. The summed E-state index contributed by atoms with van der Waals surface area (Å²) in [5.41, 5.74) is -0.738. The molecule has 0 spiro atoms. The Morgan fingerprint density at radius 3 is 2.48 bits per heavy atom. The third kappa shape index (κ3) is 4.62. The monoisotopic (exact) mass is 406 g/mol. The van der Waals surface area contributed by atoms with Gasteiger partial charge >= 0.3 is 0 Å². The molecule has 0 unspecified atom stereocenters. The number of fused-ring (bicyclic) bond motifs is 3. The molecule has 3 heterocycles. The Balaban J connectivity index is 1.99. The first-order valence-corrected chi connectivity index (χ1v) is 10.1. The summed E-state index contributed by atoms with van der Waals surface area (Å²) < 4.78 is 0. The lowest BCUT2D eigenvalue weighted by molar-refractivity contribution is -0.133.